The molecule has 1 aromatic carbocycles. The van der Waals surface area contributed by atoms with E-state index in [9.17, 15) is 4.79 Å². The highest BCUT2D eigenvalue weighted by molar-refractivity contribution is 7.22. The van der Waals surface area contributed by atoms with Crippen molar-refractivity contribution in [1.29, 1.82) is 0 Å². The van der Waals surface area contributed by atoms with E-state index in [2.05, 4.69) is 45.2 Å². The molecule has 1 aliphatic heterocycles. The van der Waals surface area contributed by atoms with E-state index in [0.717, 1.165) is 27.0 Å². The molecule has 2 N–H and O–H groups in total. The first-order chi connectivity index (χ1) is 12.0. The number of urea groups is 1. The lowest BCUT2D eigenvalue weighted by atomic mass is 10.0. The number of hydrogen-bond donors (Lipinski definition) is 2. The van der Waals surface area contributed by atoms with E-state index in [1.165, 1.54) is 11.3 Å². The second-order valence-corrected chi connectivity index (χ2v) is 6.70. The van der Waals surface area contributed by atoms with E-state index in [1.54, 1.807) is 11.1 Å². The Labute approximate surface area is 150 Å². The Hall–Kier alpha value is -2.74. The van der Waals surface area contributed by atoms with E-state index in [4.69, 9.17) is 0 Å². The van der Waals surface area contributed by atoms with E-state index >= 15 is 0 Å². The van der Waals surface area contributed by atoms with E-state index in [1.807, 2.05) is 19.9 Å². The van der Waals surface area contributed by atoms with Gasteiger partial charge in [0.15, 0.2) is 5.13 Å². The molecule has 0 fully saturated rings. The van der Waals surface area contributed by atoms with Gasteiger partial charge in [0, 0.05) is 12.1 Å². The SMILES string of the molecule is C=CC(=C)N1CC(c2cc(C)cc3nc(NC(=O)NCC)sc23)N=N1. The normalized spacial score (nSPS) is 16.2. The summed E-state index contributed by atoms with van der Waals surface area (Å²) < 4.78 is 1.01. The number of hydrogen-bond acceptors (Lipinski definition) is 6. The molecule has 0 radical (unpaired) electrons. The quantitative estimate of drug-likeness (QED) is 0.789. The van der Waals surface area contributed by atoms with Crippen molar-refractivity contribution in [3.8, 4) is 0 Å². The molecular weight excluding hydrogens is 336 g/mol. The standard InChI is InChI=1S/C17H20N6OS/c1-5-11(4)23-9-14(21-22-23)12-7-10(3)8-13-15(12)25-17(19-13)20-16(24)18-6-2/h5,7-8,14H,1,4,6,9H2,2-3H3,(H2,18,19,20,24). The molecule has 1 unspecified atom stereocenters. The summed E-state index contributed by atoms with van der Waals surface area (Å²) in [6, 6.07) is 3.75. The Morgan fingerprint density at radius 3 is 3.04 bits per heavy atom. The van der Waals surface area contributed by atoms with E-state index in [-0.39, 0.29) is 12.1 Å². The maximum atomic E-state index is 11.7. The minimum Gasteiger partial charge on any atom is -0.338 e. The molecule has 3 rings (SSSR count). The molecule has 25 heavy (non-hydrogen) atoms. The Kier molecular flexibility index (Phi) is 4.80. The second-order valence-electron chi connectivity index (χ2n) is 5.70. The van der Waals surface area contributed by atoms with Crippen molar-refractivity contribution in [2.24, 2.45) is 10.3 Å². The first-order valence-electron chi connectivity index (χ1n) is 7.97. The van der Waals surface area contributed by atoms with Gasteiger partial charge in [0.05, 0.1) is 22.5 Å². The summed E-state index contributed by atoms with van der Waals surface area (Å²) in [6.45, 7) is 12.7. The number of nitrogens with zero attached hydrogens (tertiary/aromatic N) is 4. The molecule has 0 saturated carbocycles. The summed E-state index contributed by atoms with van der Waals surface area (Å²) in [5, 5.41) is 16.3. The molecule has 2 heterocycles. The molecule has 1 atom stereocenters. The van der Waals surface area contributed by atoms with Gasteiger partial charge < -0.3 is 5.32 Å². The lowest BCUT2D eigenvalue weighted by Crippen LogP contribution is -2.28. The third kappa shape index (κ3) is 3.53. The third-order valence-electron chi connectivity index (χ3n) is 3.79. The highest BCUT2D eigenvalue weighted by Crippen LogP contribution is 2.37. The summed E-state index contributed by atoms with van der Waals surface area (Å²) in [6.07, 6.45) is 1.66. The molecule has 0 aliphatic carbocycles. The number of carbonyl (C=O) groups is 1. The molecular formula is C17H20N6OS. The van der Waals surface area contributed by atoms with Crippen LogP contribution in [0.5, 0.6) is 0 Å². The Morgan fingerprint density at radius 1 is 1.52 bits per heavy atom. The summed E-state index contributed by atoms with van der Waals surface area (Å²) in [7, 11) is 0. The Balaban J connectivity index is 1.92. The first-order valence-corrected chi connectivity index (χ1v) is 8.79. The largest absolute Gasteiger partial charge is 0.338 e. The number of carbonyl (C=O) groups excluding carboxylic acids is 1. The number of anilines is 1. The lowest BCUT2D eigenvalue weighted by Gasteiger charge is -2.14. The summed E-state index contributed by atoms with van der Waals surface area (Å²) in [5.74, 6) is 0. The Bertz CT molecular complexity index is 871. The predicted octanol–water partition coefficient (Wildman–Crippen LogP) is 4.17. The number of thiazole rings is 1. The van der Waals surface area contributed by atoms with Crippen molar-refractivity contribution in [3.05, 3.63) is 48.2 Å². The minimum absolute atomic E-state index is 0.100. The molecule has 130 valence electrons. The molecule has 8 heteroatoms. The van der Waals surface area contributed by atoms with Crippen LogP contribution in [-0.4, -0.2) is 29.1 Å². The third-order valence-corrected chi connectivity index (χ3v) is 4.83. The average Bonchev–Trinajstić information content (AvgIpc) is 3.20. The van der Waals surface area contributed by atoms with Crippen molar-refractivity contribution in [3.63, 3.8) is 0 Å². The number of aromatic nitrogens is 1. The van der Waals surface area contributed by atoms with Crippen molar-refractivity contribution in [2.45, 2.75) is 19.9 Å². The highest BCUT2D eigenvalue weighted by atomic mass is 32.1. The van der Waals surface area contributed by atoms with Gasteiger partial charge in [0.25, 0.3) is 0 Å². The smallest absolute Gasteiger partial charge is 0.321 e. The van der Waals surface area contributed by atoms with Crippen LogP contribution < -0.4 is 10.6 Å². The van der Waals surface area contributed by atoms with Crippen LogP contribution in [0.3, 0.4) is 0 Å². The first kappa shape index (κ1) is 17.1. The molecule has 2 amide bonds. The number of amides is 2. The van der Waals surface area contributed by atoms with Gasteiger partial charge in [0.1, 0.15) is 6.04 Å². The van der Waals surface area contributed by atoms with Gasteiger partial charge in [-0.15, -0.1) is 0 Å². The van der Waals surface area contributed by atoms with E-state index < -0.39 is 0 Å². The van der Waals surface area contributed by atoms with Crippen LogP contribution in [-0.2, 0) is 0 Å². The maximum absolute atomic E-state index is 11.7. The number of allylic oxidation sites excluding steroid dienone is 1. The van der Waals surface area contributed by atoms with Crippen LogP contribution in [0.4, 0.5) is 9.93 Å². The summed E-state index contributed by atoms with van der Waals surface area (Å²) >= 11 is 1.44. The van der Waals surface area contributed by atoms with Crippen LogP contribution in [0.25, 0.3) is 10.2 Å². The van der Waals surface area contributed by atoms with Gasteiger partial charge in [-0.25, -0.2) is 14.8 Å². The summed E-state index contributed by atoms with van der Waals surface area (Å²) in [5.41, 5.74) is 3.72. The van der Waals surface area contributed by atoms with Gasteiger partial charge >= 0.3 is 6.03 Å². The fourth-order valence-electron chi connectivity index (χ4n) is 2.61. The van der Waals surface area contributed by atoms with Gasteiger partial charge in [-0.1, -0.05) is 35.8 Å². The van der Waals surface area contributed by atoms with Crippen LogP contribution in [0, 0.1) is 6.92 Å². The number of rotatable bonds is 5. The molecule has 1 aromatic heterocycles. The van der Waals surface area contributed by atoms with Crippen LogP contribution in [0.15, 0.2) is 47.4 Å². The monoisotopic (exact) mass is 356 g/mol. The Morgan fingerprint density at radius 2 is 2.32 bits per heavy atom. The number of fused-ring (bicyclic) bond motifs is 1. The van der Waals surface area contributed by atoms with Gasteiger partial charge in [-0.3, -0.25) is 5.32 Å². The van der Waals surface area contributed by atoms with Crippen LogP contribution in [0.2, 0.25) is 0 Å². The van der Waals surface area contributed by atoms with Crippen molar-refractivity contribution in [2.75, 3.05) is 18.4 Å². The topological polar surface area (TPSA) is 82.0 Å². The minimum atomic E-state index is -0.256. The lowest BCUT2D eigenvalue weighted by molar-refractivity contribution is 0.252. The van der Waals surface area contributed by atoms with E-state index in [0.29, 0.717) is 18.2 Å². The zero-order valence-corrected chi connectivity index (χ0v) is 15.1. The highest BCUT2D eigenvalue weighted by Gasteiger charge is 2.25. The molecule has 1 aliphatic rings. The predicted molar refractivity (Wildman–Crippen MR) is 101 cm³/mol. The number of aryl methyl sites for hydroxylation is 1. The molecule has 0 spiro atoms. The fraction of sp³-hybridized carbons (Fsp3) is 0.294. The molecule has 7 nitrogen and oxygen atoms in total. The van der Waals surface area contributed by atoms with Crippen molar-refractivity contribution >= 4 is 32.7 Å². The van der Waals surface area contributed by atoms with Gasteiger partial charge in [-0.2, -0.15) is 5.11 Å². The van der Waals surface area contributed by atoms with Gasteiger partial charge in [0.2, 0.25) is 0 Å². The second kappa shape index (κ2) is 7.02. The van der Waals surface area contributed by atoms with Crippen molar-refractivity contribution in [1.82, 2.24) is 15.3 Å². The molecule has 0 bridgehead atoms. The van der Waals surface area contributed by atoms with Crippen LogP contribution in [0.1, 0.15) is 24.1 Å². The average molecular weight is 356 g/mol. The zero-order valence-electron chi connectivity index (χ0n) is 14.2. The van der Waals surface area contributed by atoms with Crippen LogP contribution >= 0.6 is 11.3 Å². The molecule has 2 aromatic rings. The van der Waals surface area contributed by atoms with Crippen molar-refractivity contribution < 1.29 is 4.79 Å². The summed E-state index contributed by atoms with van der Waals surface area (Å²) in [4.78, 5) is 16.3. The zero-order chi connectivity index (χ0) is 18.0. The van der Waals surface area contributed by atoms with Gasteiger partial charge in [-0.05, 0) is 31.6 Å². The number of benzene rings is 1. The fourth-order valence-corrected chi connectivity index (χ4v) is 3.61. The number of nitrogens with one attached hydrogen (secondary N) is 2. The maximum Gasteiger partial charge on any atom is 0.321 e. The molecule has 0 saturated heterocycles.